The van der Waals surface area contributed by atoms with Crippen LogP contribution in [0.4, 0.5) is 0 Å². The van der Waals surface area contributed by atoms with Crippen molar-refractivity contribution in [1.82, 2.24) is 4.72 Å². The van der Waals surface area contributed by atoms with Crippen LogP contribution in [0.25, 0.3) is 0 Å². The maximum atomic E-state index is 11.6. The molecule has 0 heterocycles. The van der Waals surface area contributed by atoms with Crippen LogP contribution in [-0.4, -0.2) is 16.1 Å². The molecule has 1 rings (SSSR count). The molecule has 3 nitrogen and oxygen atoms in total. The molecule has 0 unspecified atom stereocenters. The summed E-state index contributed by atoms with van der Waals surface area (Å²) in [6.45, 7) is 0. The van der Waals surface area contributed by atoms with Crippen molar-refractivity contribution in [3.63, 3.8) is 0 Å². The fraction of sp³-hybridized carbons (Fsp3) is 0.222. The predicted octanol–water partition coefficient (Wildman–Crippen LogP) is 3.40. The van der Waals surface area contributed by atoms with Gasteiger partial charge in [-0.3, -0.25) is 9.52 Å². The van der Waals surface area contributed by atoms with E-state index in [1.54, 1.807) is 24.3 Å². The summed E-state index contributed by atoms with van der Waals surface area (Å²) < 4.78 is 5.83. The van der Waals surface area contributed by atoms with E-state index in [0.717, 1.165) is 0 Å². The lowest BCUT2D eigenvalue weighted by Crippen LogP contribution is -2.19. The van der Waals surface area contributed by atoms with Crippen LogP contribution in [-0.2, 0) is 0 Å². The van der Waals surface area contributed by atoms with Crippen molar-refractivity contribution in [1.29, 1.82) is 0 Å². The van der Waals surface area contributed by atoms with Gasteiger partial charge in [0.05, 0.1) is 7.11 Å². The molecule has 7 heteroatoms. The number of carbonyl (C=O) groups is 1. The first-order valence-electron chi connectivity index (χ1n) is 4.11. The quantitative estimate of drug-likeness (QED) is 0.687. The van der Waals surface area contributed by atoms with Gasteiger partial charge in [0, 0.05) is 17.5 Å². The second-order valence-corrected chi connectivity index (χ2v) is 6.69. The third kappa shape index (κ3) is 4.70. The number of alkyl halides is 3. The first kappa shape index (κ1) is 13.8. The standard InChI is InChI=1S/C9H8Cl3NO2S/c1-15-7-4-2-3-6(5-7)8(14)13-16-9(10,11)12/h2-5H,1H3,(H,13,14). The molecule has 0 aromatic heterocycles. The minimum absolute atomic E-state index is 0.352. The summed E-state index contributed by atoms with van der Waals surface area (Å²) in [4.78, 5) is 11.6. The molecule has 1 N–H and O–H groups in total. The summed E-state index contributed by atoms with van der Waals surface area (Å²) >= 11 is 17.1. The molecular weight excluding hydrogens is 293 g/mol. The highest BCUT2D eigenvalue weighted by atomic mass is 35.6. The number of ether oxygens (including phenoxy) is 1. The molecule has 0 aliphatic heterocycles. The van der Waals surface area contributed by atoms with Crippen LogP contribution < -0.4 is 9.46 Å². The molecule has 1 aromatic carbocycles. The lowest BCUT2D eigenvalue weighted by Gasteiger charge is -2.10. The van der Waals surface area contributed by atoms with E-state index >= 15 is 0 Å². The summed E-state index contributed by atoms with van der Waals surface area (Å²) in [6, 6.07) is 6.66. The Morgan fingerprint density at radius 3 is 2.69 bits per heavy atom. The summed E-state index contributed by atoms with van der Waals surface area (Å²) in [7, 11) is 1.52. The van der Waals surface area contributed by atoms with Crippen LogP contribution in [0.5, 0.6) is 5.75 Å². The number of methoxy groups -OCH3 is 1. The van der Waals surface area contributed by atoms with Crippen molar-refractivity contribution in [2.24, 2.45) is 0 Å². The minimum Gasteiger partial charge on any atom is -0.497 e. The normalized spacial score (nSPS) is 11.0. The van der Waals surface area contributed by atoms with E-state index in [2.05, 4.69) is 4.72 Å². The molecule has 1 amide bonds. The number of hydrogen-bond acceptors (Lipinski definition) is 3. The van der Waals surface area contributed by atoms with Crippen molar-refractivity contribution in [3.8, 4) is 5.75 Å². The second kappa shape index (κ2) is 5.87. The number of benzene rings is 1. The third-order valence-electron chi connectivity index (χ3n) is 1.59. The monoisotopic (exact) mass is 299 g/mol. The van der Waals surface area contributed by atoms with Gasteiger partial charge in [-0.05, 0) is 18.2 Å². The van der Waals surface area contributed by atoms with E-state index in [-0.39, 0.29) is 5.91 Å². The molecule has 0 radical (unpaired) electrons. The molecule has 0 bridgehead atoms. The topological polar surface area (TPSA) is 38.3 Å². The number of amides is 1. The van der Waals surface area contributed by atoms with E-state index in [0.29, 0.717) is 23.3 Å². The van der Waals surface area contributed by atoms with Gasteiger partial charge in [0.15, 0.2) is 0 Å². The van der Waals surface area contributed by atoms with Gasteiger partial charge in [0.2, 0.25) is 0 Å². The molecule has 0 saturated heterocycles. The second-order valence-electron chi connectivity index (χ2n) is 2.71. The SMILES string of the molecule is COc1cccc(C(=O)NSC(Cl)(Cl)Cl)c1. The average molecular weight is 301 g/mol. The number of hydrogen-bond donors (Lipinski definition) is 1. The van der Waals surface area contributed by atoms with Gasteiger partial charge in [-0.25, -0.2) is 0 Å². The average Bonchev–Trinajstić information content (AvgIpc) is 2.25. The third-order valence-corrected chi connectivity index (χ3v) is 2.80. The van der Waals surface area contributed by atoms with Crippen molar-refractivity contribution in [2.75, 3.05) is 7.11 Å². The Bertz CT molecular complexity index is 381. The fourth-order valence-electron chi connectivity index (χ4n) is 0.927. The van der Waals surface area contributed by atoms with Crippen LogP contribution in [0.3, 0.4) is 0 Å². The first-order valence-corrected chi connectivity index (χ1v) is 6.06. The van der Waals surface area contributed by atoms with Gasteiger partial charge in [-0.1, -0.05) is 40.9 Å². The van der Waals surface area contributed by atoms with Crippen LogP contribution >= 0.6 is 46.8 Å². The van der Waals surface area contributed by atoms with Gasteiger partial charge >= 0.3 is 0 Å². The largest absolute Gasteiger partial charge is 0.497 e. The zero-order chi connectivity index (χ0) is 12.2. The molecule has 0 aliphatic rings. The van der Waals surface area contributed by atoms with Crippen LogP contribution in [0.1, 0.15) is 10.4 Å². The highest BCUT2D eigenvalue weighted by Crippen LogP contribution is 2.36. The van der Waals surface area contributed by atoms with Crippen LogP contribution in [0, 0.1) is 0 Å². The van der Waals surface area contributed by atoms with E-state index in [1.165, 1.54) is 7.11 Å². The summed E-state index contributed by atoms with van der Waals surface area (Å²) in [5.74, 6) is 0.238. The lowest BCUT2D eigenvalue weighted by atomic mass is 10.2. The summed E-state index contributed by atoms with van der Waals surface area (Å²) in [5, 5.41) is 0. The van der Waals surface area contributed by atoms with Gasteiger partial charge in [0.1, 0.15) is 5.75 Å². The van der Waals surface area contributed by atoms with E-state index < -0.39 is 3.12 Å². The van der Waals surface area contributed by atoms with E-state index in [1.807, 2.05) is 0 Å². The molecule has 0 aliphatic carbocycles. The van der Waals surface area contributed by atoms with Crippen LogP contribution in [0.2, 0.25) is 0 Å². The van der Waals surface area contributed by atoms with E-state index in [4.69, 9.17) is 39.5 Å². The highest BCUT2D eigenvalue weighted by molar-refractivity contribution is 8.03. The fourth-order valence-corrected chi connectivity index (χ4v) is 1.60. The Balaban J connectivity index is 2.66. The van der Waals surface area contributed by atoms with Gasteiger partial charge in [0.25, 0.3) is 9.03 Å². The number of halogens is 3. The molecule has 0 spiro atoms. The molecule has 0 atom stereocenters. The maximum Gasteiger partial charge on any atom is 0.261 e. The zero-order valence-corrected chi connectivity index (χ0v) is 11.3. The minimum atomic E-state index is -1.57. The Morgan fingerprint density at radius 2 is 2.12 bits per heavy atom. The Kier molecular flexibility index (Phi) is 5.05. The molecular formula is C9H8Cl3NO2S. The number of nitrogens with one attached hydrogen (secondary N) is 1. The summed E-state index contributed by atoms with van der Waals surface area (Å²) in [6.07, 6.45) is 0. The summed E-state index contributed by atoms with van der Waals surface area (Å²) in [5.41, 5.74) is 0.432. The number of rotatable bonds is 3. The Morgan fingerprint density at radius 1 is 1.44 bits per heavy atom. The molecule has 16 heavy (non-hydrogen) atoms. The van der Waals surface area contributed by atoms with Gasteiger partial charge < -0.3 is 4.74 Å². The first-order chi connectivity index (χ1) is 7.42. The Labute approximate surface area is 113 Å². The van der Waals surface area contributed by atoms with Gasteiger partial charge in [-0.15, -0.1) is 0 Å². The predicted molar refractivity (Wildman–Crippen MR) is 68.3 cm³/mol. The zero-order valence-electron chi connectivity index (χ0n) is 8.17. The molecule has 1 aromatic rings. The molecule has 0 fully saturated rings. The smallest absolute Gasteiger partial charge is 0.261 e. The van der Waals surface area contributed by atoms with Crippen LogP contribution in [0.15, 0.2) is 24.3 Å². The number of carbonyl (C=O) groups excluding carboxylic acids is 1. The van der Waals surface area contributed by atoms with Crippen molar-refractivity contribution in [2.45, 2.75) is 3.12 Å². The molecule has 0 saturated carbocycles. The molecule has 88 valence electrons. The highest BCUT2D eigenvalue weighted by Gasteiger charge is 2.22. The van der Waals surface area contributed by atoms with Crippen molar-refractivity contribution in [3.05, 3.63) is 29.8 Å². The Hall–Kier alpha value is -0.290. The maximum absolute atomic E-state index is 11.6. The van der Waals surface area contributed by atoms with Gasteiger partial charge in [-0.2, -0.15) is 0 Å². The lowest BCUT2D eigenvalue weighted by molar-refractivity contribution is 0.0984. The van der Waals surface area contributed by atoms with E-state index in [9.17, 15) is 4.79 Å². The van der Waals surface area contributed by atoms with Crippen molar-refractivity contribution < 1.29 is 9.53 Å². The van der Waals surface area contributed by atoms with Crippen molar-refractivity contribution >= 4 is 52.7 Å².